The maximum atomic E-state index is 5.64. The van der Waals surface area contributed by atoms with Gasteiger partial charge in [-0.1, -0.05) is 0 Å². The van der Waals surface area contributed by atoms with Gasteiger partial charge in [-0.25, -0.2) is 4.98 Å². The van der Waals surface area contributed by atoms with Crippen LogP contribution in [0.15, 0.2) is 0 Å². The van der Waals surface area contributed by atoms with Crippen LogP contribution in [-0.4, -0.2) is 23.5 Å². The number of nitrogen functional groups attached to an aromatic ring is 1. The molecule has 0 radical (unpaired) electrons. The molecule has 0 bridgehead atoms. The molecule has 0 spiro atoms. The van der Waals surface area contributed by atoms with Crippen molar-refractivity contribution in [1.29, 1.82) is 0 Å². The quantitative estimate of drug-likeness (QED) is 0.655. The summed E-state index contributed by atoms with van der Waals surface area (Å²) in [6, 6.07) is 0. The molecule has 3 nitrogen and oxygen atoms in total. The van der Waals surface area contributed by atoms with Gasteiger partial charge in [0.05, 0.1) is 5.69 Å². The van der Waals surface area contributed by atoms with E-state index in [2.05, 4.69) is 16.9 Å². The first kappa shape index (κ1) is 8.01. The van der Waals surface area contributed by atoms with E-state index >= 15 is 0 Å². The molecule has 4 heteroatoms. The molecule has 1 aliphatic heterocycles. The highest BCUT2D eigenvalue weighted by Gasteiger charge is 2.14. The van der Waals surface area contributed by atoms with Gasteiger partial charge in [0, 0.05) is 11.4 Å². The van der Waals surface area contributed by atoms with Gasteiger partial charge in [0.15, 0.2) is 5.13 Å². The summed E-state index contributed by atoms with van der Waals surface area (Å²) in [4.78, 5) is 7.99. The third-order valence-electron chi connectivity index (χ3n) is 2.16. The van der Waals surface area contributed by atoms with Crippen molar-refractivity contribution in [3.8, 4) is 0 Å². The number of aryl methyl sites for hydroxylation is 1. The molecule has 12 heavy (non-hydrogen) atoms. The van der Waals surface area contributed by atoms with Gasteiger partial charge in [-0.15, -0.1) is 11.3 Å². The number of hydrogen-bond donors (Lipinski definition) is 1. The molecule has 0 atom stereocenters. The highest BCUT2D eigenvalue weighted by molar-refractivity contribution is 7.15. The fourth-order valence-electron chi connectivity index (χ4n) is 1.56. The summed E-state index contributed by atoms with van der Waals surface area (Å²) in [5.41, 5.74) is 6.87. The summed E-state index contributed by atoms with van der Waals surface area (Å²) in [5.74, 6) is 0. The summed E-state index contributed by atoms with van der Waals surface area (Å²) in [6.07, 6.45) is 2.29. The molecule has 1 aromatic rings. The Labute approximate surface area is 76.2 Å². The third-order valence-corrected chi connectivity index (χ3v) is 3.07. The Balaban J connectivity index is 2.30. The lowest BCUT2D eigenvalue weighted by atomic mass is 10.2. The van der Waals surface area contributed by atoms with Crippen LogP contribution in [0.4, 0.5) is 5.13 Å². The number of aromatic nitrogens is 1. The van der Waals surface area contributed by atoms with E-state index in [9.17, 15) is 0 Å². The number of thiazole rings is 1. The maximum Gasteiger partial charge on any atom is 0.180 e. The first-order valence-electron chi connectivity index (χ1n) is 4.18. The Morgan fingerprint density at radius 1 is 1.58 bits per heavy atom. The molecule has 0 amide bonds. The van der Waals surface area contributed by atoms with Gasteiger partial charge in [0.1, 0.15) is 0 Å². The Morgan fingerprint density at radius 2 is 2.42 bits per heavy atom. The van der Waals surface area contributed by atoms with Crippen molar-refractivity contribution in [1.82, 2.24) is 9.88 Å². The Morgan fingerprint density at radius 3 is 3.25 bits per heavy atom. The second-order valence-electron chi connectivity index (χ2n) is 3.26. The lowest BCUT2D eigenvalue weighted by molar-refractivity contribution is 0.334. The van der Waals surface area contributed by atoms with Crippen molar-refractivity contribution in [2.24, 2.45) is 0 Å². The minimum atomic E-state index is 0.718. The molecule has 1 aromatic heterocycles. The average molecular weight is 183 g/mol. The van der Waals surface area contributed by atoms with Crippen LogP contribution in [0.25, 0.3) is 0 Å². The van der Waals surface area contributed by atoms with Crippen LogP contribution >= 0.6 is 11.3 Å². The van der Waals surface area contributed by atoms with Crippen LogP contribution in [0.1, 0.15) is 17.0 Å². The molecule has 66 valence electrons. The highest BCUT2D eigenvalue weighted by Crippen LogP contribution is 2.25. The standard InChI is InChI=1S/C8H13N3S/c1-11-4-2-3-6-7(5-11)12-8(9)10-6/h2-5H2,1H3,(H2,9,10). The zero-order valence-corrected chi connectivity index (χ0v) is 8.02. The van der Waals surface area contributed by atoms with Gasteiger partial charge in [-0.2, -0.15) is 0 Å². The van der Waals surface area contributed by atoms with E-state index in [0.717, 1.165) is 18.1 Å². The minimum absolute atomic E-state index is 0.718. The molecular formula is C8H13N3S. The number of rotatable bonds is 0. The molecule has 0 unspecified atom stereocenters. The van der Waals surface area contributed by atoms with Crippen LogP contribution in [0.3, 0.4) is 0 Å². The van der Waals surface area contributed by atoms with E-state index in [0.29, 0.717) is 0 Å². The number of anilines is 1. The SMILES string of the molecule is CN1CCCc2nc(N)sc2C1. The first-order chi connectivity index (χ1) is 5.75. The highest BCUT2D eigenvalue weighted by atomic mass is 32.1. The van der Waals surface area contributed by atoms with E-state index in [1.807, 2.05) is 0 Å². The van der Waals surface area contributed by atoms with Crippen molar-refractivity contribution in [3.63, 3.8) is 0 Å². The lowest BCUT2D eigenvalue weighted by Crippen LogP contribution is -2.16. The fraction of sp³-hybridized carbons (Fsp3) is 0.625. The molecular weight excluding hydrogens is 170 g/mol. The lowest BCUT2D eigenvalue weighted by Gasteiger charge is -2.10. The summed E-state index contributed by atoms with van der Waals surface area (Å²) in [7, 11) is 2.14. The van der Waals surface area contributed by atoms with Gasteiger partial charge in [0.25, 0.3) is 0 Å². The normalized spacial score (nSPS) is 18.8. The molecule has 0 saturated heterocycles. The van der Waals surface area contributed by atoms with Gasteiger partial charge in [-0.05, 0) is 26.4 Å². The van der Waals surface area contributed by atoms with E-state index in [4.69, 9.17) is 5.73 Å². The molecule has 2 rings (SSSR count). The van der Waals surface area contributed by atoms with Gasteiger partial charge in [0.2, 0.25) is 0 Å². The maximum absolute atomic E-state index is 5.64. The van der Waals surface area contributed by atoms with Crippen molar-refractivity contribution >= 4 is 16.5 Å². The minimum Gasteiger partial charge on any atom is -0.375 e. The Bertz CT molecular complexity index is 282. The molecule has 0 saturated carbocycles. The molecule has 0 aliphatic carbocycles. The van der Waals surface area contributed by atoms with Crippen LogP contribution in [-0.2, 0) is 13.0 Å². The van der Waals surface area contributed by atoms with Crippen LogP contribution in [0.2, 0.25) is 0 Å². The Kier molecular flexibility index (Phi) is 2.02. The molecule has 2 N–H and O–H groups in total. The van der Waals surface area contributed by atoms with Crippen molar-refractivity contribution < 1.29 is 0 Å². The van der Waals surface area contributed by atoms with Crippen LogP contribution in [0, 0.1) is 0 Å². The van der Waals surface area contributed by atoms with E-state index in [1.165, 1.54) is 23.5 Å². The number of hydrogen-bond acceptors (Lipinski definition) is 4. The van der Waals surface area contributed by atoms with Crippen molar-refractivity contribution in [3.05, 3.63) is 10.6 Å². The van der Waals surface area contributed by atoms with Crippen molar-refractivity contribution in [2.75, 3.05) is 19.3 Å². The number of fused-ring (bicyclic) bond motifs is 1. The number of nitrogens with two attached hydrogens (primary N) is 1. The molecule has 0 aromatic carbocycles. The smallest absolute Gasteiger partial charge is 0.180 e. The molecule has 2 heterocycles. The van der Waals surface area contributed by atoms with E-state index < -0.39 is 0 Å². The summed E-state index contributed by atoms with van der Waals surface area (Å²) < 4.78 is 0. The zero-order valence-electron chi connectivity index (χ0n) is 7.21. The van der Waals surface area contributed by atoms with Gasteiger partial charge in [-0.3, -0.25) is 0 Å². The predicted octanol–water partition coefficient (Wildman–Crippen LogP) is 1.10. The largest absolute Gasteiger partial charge is 0.375 e. The summed E-state index contributed by atoms with van der Waals surface area (Å²) in [5, 5.41) is 0.718. The topological polar surface area (TPSA) is 42.2 Å². The average Bonchev–Trinajstić information content (AvgIpc) is 2.23. The number of nitrogens with zero attached hydrogens (tertiary/aromatic N) is 2. The second kappa shape index (κ2) is 3.03. The monoisotopic (exact) mass is 183 g/mol. The predicted molar refractivity (Wildman–Crippen MR) is 51.2 cm³/mol. The van der Waals surface area contributed by atoms with Gasteiger partial charge < -0.3 is 10.6 Å². The summed E-state index contributed by atoms with van der Waals surface area (Å²) in [6.45, 7) is 2.19. The summed E-state index contributed by atoms with van der Waals surface area (Å²) >= 11 is 1.63. The first-order valence-corrected chi connectivity index (χ1v) is 5.00. The van der Waals surface area contributed by atoms with E-state index in [1.54, 1.807) is 11.3 Å². The third kappa shape index (κ3) is 1.44. The molecule has 0 fully saturated rings. The fourth-order valence-corrected chi connectivity index (χ4v) is 2.52. The van der Waals surface area contributed by atoms with Crippen molar-refractivity contribution in [2.45, 2.75) is 19.4 Å². The van der Waals surface area contributed by atoms with E-state index in [-0.39, 0.29) is 0 Å². The zero-order chi connectivity index (χ0) is 8.55. The molecule has 1 aliphatic rings. The van der Waals surface area contributed by atoms with Crippen LogP contribution < -0.4 is 5.73 Å². The second-order valence-corrected chi connectivity index (χ2v) is 4.38. The Hall–Kier alpha value is -0.610. The van der Waals surface area contributed by atoms with Crippen LogP contribution in [0.5, 0.6) is 0 Å². The van der Waals surface area contributed by atoms with Gasteiger partial charge >= 0.3 is 0 Å².